The first-order chi connectivity index (χ1) is 9.70. The van der Waals surface area contributed by atoms with Crippen molar-refractivity contribution >= 4 is 17.5 Å². The topological polar surface area (TPSA) is 20.3 Å². The number of nitrogens with zero attached hydrogens (tertiary/aromatic N) is 1. The first-order valence-electron chi connectivity index (χ1n) is 7.30. The molecule has 0 bridgehead atoms. The summed E-state index contributed by atoms with van der Waals surface area (Å²) in [5.74, 6) is 0.293. The molecule has 0 atom stereocenters. The highest BCUT2D eigenvalue weighted by Gasteiger charge is 2.24. The minimum Gasteiger partial charge on any atom is -0.338 e. The maximum Gasteiger partial charge on any atom is 0.227 e. The number of hydrogen-bond donors (Lipinski definition) is 0. The molecule has 1 aromatic rings. The van der Waals surface area contributed by atoms with E-state index in [2.05, 4.69) is 0 Å². The molecule has 1 saturated carbocycles. The van der Waals surface area contributed by atoms with Crippen LogP contribution in [0.25, 0.3) is 0 Å². The Hall–Kier alpha value is -1.09. The molecule has 1 aliphatic rings. The number of amides is 1. The van der Waals surface area contributed by atoms with Crippen LogP contribution in [0.3, 0.4) is 0 Å². The van der Waals surface area contributed by atoms with Crippen LogP contribution < -0.4 is 0 Å². The van der Waals surface area contributed by atoms with E-state index in [1.165, 1.54) is 31.4 Å². The average molecular weight is 298 g/mol. The van der Waals surface area contributed by atoms with Crippen LogP contribution in [0.1, 0.15) is 37.7 Å². The van der Waals surface area contributed by atoms with E-state index in [1.807, 2.05) is 4.90 Å². The summed E-state index contributed by atoms with van der Waals surface area (Å²) < 4.78 is 12.9. The van der Waals surface area contributed by atoms with Crippen LogP contribution in [0.5, 0.6) is 0 Å². The fraction of sp³-hybridized carbons (Fsp3) is 0.562. The molecule has 1 fully saturated rings. The SMILES string of the molecule is O=C(Cc1ccc(F)cc1)N(CCCl)C1CCCCC1. The lowest BCUT2D eigenvalue weighted by Gasteiger charge is -2.34. The number of halogens is 2. The molecule has 110 valence electrons. The van der Waals surface area contributed by atoms with Crippen LogP contribution >= 0.6 is 11.6 Å². The number of alkyl halides is 1. The molecular weight excluding hydrogens is 277 g/mol. The van der Waals surface area contributed by atoms with Gasteiger partial charge in [-0.15, -0.1) is 11.6 Å². The molecule has 0 heterocycles. The van der Waals surface area contributed by atoms with Crippen molar-refractivity contribution in [2.24, 2.45) is 0 Å². The van der Waals surface area contributed by atoms with Gasteiger partial charge >= 0.3 is 0 Å². The Kier molecular flexibility index (Phi) is 5.84. The van der Waals surface area contributed by atoms with Gasteiger partial charge in [-0.05, 0) is 30.5 Å². The van der Waals surface area contributed by atoms with Gasteiger partial charge in [-0.2, -0.15) is 0 Å². The molecule has 0 N–H and O–H groups in total. The highest BCUT2D eigenvalue weighted by Crippen LogP contribution is 2.23. The Balaban J connectivity index is 2.00. The van der Waals surface area contributed by atoms with Crippen LogP contribution in [0.4, 0.5) is 4.39 Å². The number of carbonyl (C=O) groups excluding carboxylic acids is 1. The summed E-state index contributed by atoms with van der Waals surface area (Å²) in [7, 11) is 0. The van der Waals surface area contributed by atoms with Crippen LogP contribution in [-0.4, -0.2) is 29.3 Å². The van der Waals surface area contributed by atoms with E-state index in [0.717, 1.165) is 18.4 Å². The minimum absolute atomic E-state index is 0.101. The van der Waals surface area contributed by atoms with Gasteiger partial charge < -0.3 is 4.90 Å². The summed E-state index contributed by atoms with van der Waals surface area (Å²) in [6.07, 6.45) is 6.11. The highest BCUT2D eigenvalue weighted by atomic mass is 35.5. The Morgan fingerprint density at radius 1 is 1.20 bits per heavy atom. The van der Waals surface area contributed by atoms with Gasteiger partial charge in [-0.25, -0.2) is 4.39 Å². The smallest absolute Gasteiger partial charge is 0.227 e. The van der Waals surface area contributed by atoms with Crippen molar-refractivity contribution in [1.29, 1.82) is 0 Å². The summed E-state index contributed by atoms with van der Waals surface area (Å²) in [6.45, 7) is 0.603. The minimum atomic E-state index is -0.272. The molecule has 0 aliphatic heterocycles. The molecule has 0 radical (unpaired) electrons. The van der Waals surface area contributed by atoms with Crippen LogP contribution in [0.15, 0.2) is 24.3 Å². The van der Waals surface area contributed by atoms with E-state index in [0.29, 0.717) is 24.9 Å². The second kappa shape index (κ2) is 7.63. The molecule has 2 rings (SSSR count). The Bertz CT molecular complexity index is 429. The molecule has 0 aromatic heterocycles. The van der Waals surface area contributed by atoms with Crippen LogP contribution in [0.2, 0.25) is 0 Å². The van der Waals surface area contributed by atoms with Gasteiger partial charge in [0.1, 0.15) is 5.82 Å². The standard InChI is InChI=1S/C16H21ClFNO/c17-10-11-19(15-4-2-1-3-5-15)16(20)12-13-6-8-14(18)9-7-13/h6-9,15H,1-5,10-12H2. The van der Waals surface area contributed by atoms with E-state index in [-0.39, 0.29) is 11.7 Å². The number of rotatable bonds is 5. The second-order valence-corrected chi connectivity index (χ2v) is 5.75. The van der Waals surface area contributed by atoms with E-state index < -0.39 is 0 Å². The first kappa shape index (κ1) is 15.3. The Morgan fingerprint density at radius 2 is 1.85 bits per heavy atom. The average Bonchev–Trinajstić information content (AvgIpc) is 2.48. The predicted molar refractivity (Wildman–Crippen MR) is 79.4 cm³/mol. The maximum atomic E-state index is 12.9. The predicted octanol–water partition coefficient (Wildman–Crippen LogP) is 3.77. The van der Waals surface area contributed by atoms with Gasteiger partial charge in [0.25, 0.3) is 0 Å². The van der Waals surface area contributed by atoms with Crippen molar-refractivity contribution in [1.82, 2.24) is 4.90 Å². The molecule has 1 aliphatic carbocycles. The quantitative estimate of drug-likeness (QED) is 0.758. The van der Waals surface area contributed by atoms with Crippen LogP contribution in [-0.2, 0) is 11.2 Å². The Morgan fingerprint density at radius 3 is 2.45 bits per heavy atom. The number of carbonyl (C=O) groups is 1. The lowest BCUT2D eigenvalue weighted by atomic mass is 9.93. The second-order valence-electron chi connectivity index (χ2n) is 5.37. The van der Waals surface area contributed by atoms with Gasteiger partial charge in [0.2, 0.25) is 5.91 Å². The van der Waals surface area contributed by atoms with Gasteiger partial charge in [-0.1, -0.05) is 31.4 Å². The third kappa shape index (κ3) is 4.20. The molecule has 0 saturated heterocycles. The lowest BCUT2D eigenvalue weighted by molar-refractivity contribution is -0.133. The molecule has 20 heavy (non-hydrogen) atoms. The third-order valence-electron chi connectivity index (χ3n) is 3.93. The van der Waals surface area contributed by atoms with E-state index >= 15 is 0 Å². The van der Waals surface area contributed by atoms with Gasteiger partial charge in [-0.3, -0.25) is 4.79 Å². The zero-order valence-corrected chi connectivity index (χ0v) is 12.4. The molecule has 4 heteroatoms. The Labute approximate surface area is 124 Å². The summed E-state index contributed by atoms with van der Waals surface area (Å²) >= 11 is 5.84. The highest BCUT2D eigenvalue weighted by molar-refractivity contribution is 6.18. The first-order valence-corrected chi connectivity index (χ1v) is 7.84. The molecule has 1 amide bonds. The molecular formula is C16H21ClFNO. The maximum absolute atomic E-state index is 12.9. The fourth-order valence-electron chi connectivity index (χ4n) is 2.87. The monoisotopic (exact) mass is 297 g/mol. The molecule has 2 nitrogen and oxygen atoms in total. The fourth-order valence-corrected chi connectivity index (χ4v) is 3.06. The van der Waals surface area contributed by atoms with Crippen molar-refractivity contribution in [3.05, 3.63) is 35.6 Å². The summed E-state index contributed by atoms with van der Waals surface area (Å²) in [5.41, 5.74) is 0.854. The number of hydrogen-bond acceptors (Lipinski definition) is 1. The van der Waals surface area contributed by atoms with Crippen molar-refractivity contribution in [2.75, 3.05) is 12.4 Å². The molecule has 0 spiro atoms. The molecule has 1 aromatic carbocycles. The van der Waals surface area contributed by atoms with Gasteiger partial charge in [0.05, 0.1) is 6.42 Å². The summed E-state index contributed by atoms with van der Waals surface area (Å²) in [6, 6.07) is 6.47. The number of benzene rings is 1. The van der Waals surface area contributed by atoms with Crippen LogP contribution in [0, 0.1) is 5.82 Å². The third-order valence-corrected chi connectivity index (χ3v) is 4.10. The summed E-state index contributed by atoms with van der Waals surface area (Å²) in [5, 5.41) is 0. The lowest BCUT2D eigenvalue weighted by Crippen LogP contribution is -2.43. The van der Waals surface area contributed by atoms with Crippen molar-refractivity contribution in [3.63, 3.8) is 0 Å². The van der Waals surface area contributed by atoms with E-state index in [9.17, 15) is 9.18 Å². The van der Waals surface area contributed by atoms with Gasteiger partial charge in [0, 0.05) is 18.5 Å². The van der Waals surface area contributed by atoms with E-state index in [1.54, 1.807) is 12.1 Å². The largest absolute Gasteiger partial charge is 0.338 e. The molecule has 0 unspecified atom stereocenters. The zero-order valence-electron chi connectivity index (χ0n) is 11.7. The zero-order chi connectivity index (χ0) is 14.4. The van der Waals surface area contributed by atoms with Crippen molar-refractivity contribution in [3.8, 4) is 0 Å². The normalized spacial score (nSPS) is 16.1. The summed E-state index contributed by atoms with van der Waals surface area (Å²) in [4.78, 5) is 14.4. The van der Waals surface area contributed by atoms with Crippen molar-refractivity contribution < 1.29 is 9.18 Å². The van der Waals surface area contributed by atoms with E-state index in [4.69, 9.17) is 11.6 Å². The van der Waals surface area contributed by atoms with Gasteiger partial charge in [0.15, 0.2) is 0 Å². The van der Waals surface area contributed by atoms with Crippen molar-refractivity contribution in [2.45, 2.75) is 44.6 Å².